The Hall–Kier alpha value is -1.26. The molecule has 0 radical (unpaired) electrons. The molecule has 0 aromatic carbocycles. The summed E-state index contributed by atoms with van der Waals surface area (Å²) in [7, 11) is 0. The van der Waals surface area contributed by atoms with E-state index in [9.17, 15) is 0 Å². The van der Waals surface area contributed by atoms with Gasteiger partial charge in [-0.15, -0.1) is 0 Å². The van der Waals surface area contributed by atoms with Crippen LogP contribution in [-0.2, 0) is 0 Å². The highest BCUT2D eigenvalue weighted by molar-refractivity contribution is 5.45. The fourth-order valence-electron chi connectivity index (χ4n) is 0.709. The maximum Gasteiger partial charge on any atom is 0.134 e. The van der Waals surface area contributed by atoms with E-state index in [-0.39, 0.29) is 5.76 Å². The number of hydrogen-bond donors (Lipinski definition) is 3. The van der Waals surface area contributed by atoms with Crippen molar-refractivity contribution in [3.05, 3.63) is 29.9 Å². The second-order valence-electron chi connectivity index (χ2n) is 2.28. The van der Waals surface area contributed by atoms with E-state index < -0.39 is 12.7 Å². The molecule has 0 spiro atoms. The molecule has 0 aliphatic rings. The van der Waals surface area contributed by atoms with E-state index in [1.54, 1.807) is 12.1 Å². The highest BCUT2D eigenvalue weighted by Crippen LogP contribution is 2.07. The molecule has 0 bridgehead atoms. The van der Waals surface area contributed by atoms with Gasteiger partial charge < -0.3 is 19.7 Å². The molecule has 1 unspecified atom stereocenters. The molecule has 4 nitrogen and oxygen atoms in total. The van der Waals surface area contributed by atoms with Gasteiger partial charge in [-0.25, -0.2) is 0 Å². The van der Waals surface area contributed by atoms with Crippen molar-refractivity contribution in [1.29, 1.82) is 0 Å². The molecule has 0 aliphatic carbocycles. The molecule has 1 rings (SSSR count). The van der Waals surface area contributed by atoms with E-state index in [1.807, 2.05) is 0 Å². The zero-order valence-corrected chi connectivity index (χ0v) is 6.34. The molecule has 0 saturated heterocycles. The summed E-state index contributed by atoms with van der Waals surface area (Å²) in [4.78, 5) is 0. The predicted octanol–water partition coefficient (Wildman–Crippen LogP) is 0.532. The summed E-state index contributed by atoms with van der Waals surface area (Å²) in [6.45, 7) is -0.511. The number of aliphatic hydroxyl groups excluding tert-OH is 3. The van der Waals surface area contributed by atoms with Gasteiger partial charge in [-0.05, 0) is 12.1 Å². The molecular weight excluding hydrogens is 160 g/mol. The Morgan fingerprint density at radius 3 is 2.92 bits per heavy atom. The van der Waals surface area contributed by atoms with Gasteiger partial charge in [-0.1, -0.05) is 0 Å². The zero-order chi connectivity index (χ0) is 8.97. The van der Waals surface area contributed by atoms with Crippen LogP contribution in [0.25, 0.3) is 6.08 Å². The molecule has 12 heavy (non-hydrogen) atoms. The minimum absolute atomic E-state index is 0.313. The van der Waals surface area contributed by atoms with Gasteiger partial charge in [0.25, 0.3) is 0 Å². The van der Waals surface area contributed by atoms with Gasteiger partial charge in [0.2, 0.25) is 0 Å². The van der Waals surface area contributed by atoms with Crippen molar-refractivity contribution in [1.82, 2.24) is 0 Å². The third-order valence-electron chi connectivity index (χ3n) is 1.35. The van der Waals surface area contributed by atoms with E-state index in [4.69, 9.17) is 19.7 Å². The SMILES string of the molecule is OCC(O)C(O)=Cc1ccco1. The van der Waals surface area contributed by atoms with Crippen molar-refractivity contribution in [2.24, 2.45) is 0 Å². The molecule has 66 valence electrons. The van der Waals surface area contributed by atoms with Crippen molar-refractivity contribution < 1.29 is 19.7 Å². The molecule has 3 N–H and O–H groups in total. The van der Waals surface area contributed by atoms with Crippen LogP contribution in [-0.4, -0.2) is 28.0 Å². The summed E-state index contributed by atoms with van der Waals surface area (Å²) in [6.07, 6.45) is 1.46. The first kappa shape index (κ1) is 8.83. The Kier molecular flexibility index (Phi) is 2.90. The summed E-state index contributed by atoms with van der Waals surface area (Å²) < 4.78 is 4.87. The van der Waals surface area contributed by atoms with Gasteiger partial charge in [-0.3, -0.25) is 0 Å². The fourth-order valence-corrected chi connectivity index (χ4v) is 0.709. The van der Waals surface area contributed by atoms with Crippen LogP contribution in [0.5, 0.6) is 0 Å². The quantitative estimate of drug-likeness (QED) is 0.578. The summed E-state index contributed by atoms with van der Waals surface area (Å²) >= 11 is 0. The normalized spacial score (nSPS) is 14.7. The number of aliphatic hydroxyl groups is 3. The van der Waals surface area contributed by atoms with E-state index >= 15 is 0 Å². The van der Waals surface area contributed by atoms with Crippen LogP contribution in [0.3, 0.4) is 0 Å². The minimum atomic E-state index is -1.24. The lowest BCUT2D eigenvalue weighted by Crippen LogP contribution is -2.14. The van der Waals surface area contributed by atoms with Crippen molar-refractivity contribution in [2.45, 2.75) is 6.10 Å². The molecule has 1 atom stereocenters. The molecule has 4 heteroatoms. The monoisotopic (exact) mass is 170 g/mol. The number of furan rings is 1. The first-order valence-electron chi connectivity index (χ1n) is 3.47. The van der Waals surface area contributed by atoms with Crippen molar-refractivity contribution in [3.63, 3.8) is 0 Å². The van der Waals surface area contributed by atoms with Crippen LogP contribution < -0.4 is 0 Å². The van der Waals surface area contributed by atoms with E-state index in [0.717, 1.165) is 0 Å². The van der Waals surface area contributed by atoms with Crippen LogP contribution in [0.1, 0.15) is 5.76 Å². The molecule has 0 fully saturated rings. The van der Waals surface area contributed by atoms with Crippen LogP contribution in [0.15, 0.2) is 28.6 Å². The lowest BCUT2D eigenvalue weighted by molar-refractivity contribution is 0.0887. The van der Waals surface area contributed by atoms with E-state index in [1.165, 1.54) is 12.3 Å². The van der Waals surface area contributed by atoms with Gasteiger partial charge in [-0.2, -0.15) is 0 Å². The zero-order valence-electron chi connectivity index (χ0n) is 6.34. The minimum Gasteiger partial charge on any atom is -0.509 e. The number of hydrogen-bond acceptors (Lipinski definition) is 4. The number of rotatable bonds is 3. The maximum atomic E-state index is 9.08. The second kappa shape index (κ2) is 3.94. The molecular formula is C8H10O4. The van der Waals surface area contributed by atoms with Gasteiger partial charge in [0.15, 0.2) is 0 Å². The molecule has 1 heterocycles. The van der Waals surface area contributed by atoms with Gasteiger partial charge >= 0.3 is 0 Å². The van der Waals surface area contributed by atoms with Crippen LogP contribution in [0.4, 0.5) is 0 Å². The summed E-state index contributed by atoms with van der Waals surface area (Å²) in [5, 5.41) is 26.4. The topological polar surface area (TPSA) is 73.8 Å². The summed E-state index contributed by atoms with van der Waals surface area (Å²) in [5.74, 6) is 0.118. The van der Waals surface area contributed by atoms with Crippen molar-refractivity contribution in [2.75, 3.05) is 6.61 Å². The Labute approximate surface area is 69.4 Å². The summed E-state index contributed by atoms with van der Waals surface area (Å²) in [5.41, 5.74) is 0. The first-order chi connectivity index (χ1) is 5.74. The predicted molar refractivity (Wildman–Crippen MR) is 42.4 cm³/mol. The molecule has 0 saturated carbocycles. The van der Waals surface area contributed by atoms with Crippen molar-refractivity contribution >= 4 is 6.08 Å². The van der Waals surface area contributed by atoms with Gasteiger partial charge in [0.1, 0.15) is 17.6 Å². The third kappa shape index (κ3) is 2.11. The second-order valence-corrected chi connectivity index (χ2v) is 2.28. The van der Waals surface area contributed by atoms with Crippen LogP contribution in [0.2, 0.25) is 0 Å². The lowest BCUT2D eigenvalue weighted by Gasteiger charge is -2.03. The van der Waals surface area contributed by atoms with E-state index in [0.29, 0.717) is 5.76 Å². The third-order valence-corrected chi connectivity index (χ3v) is 1.35. The first-order valence-corrected chi connectivity index (χ1v) is 3.47. The Balaban J connectivity index is 2.69. The van der Waals surface area contributed by atoms with Crippen LogP contribution in [0, 0.1) is 0 Å². The maximum absolute atomic E-state index is 9.08. The Morgan fingerprint density at radius 1 is 1.67 bits per heavy atom. The average molecular weight is 170 g/mol. The Bertz CT molecular complexity index is 250. The van der Waals surface area contributed by atoms with Crippen molar-refractivity contribution in [3.8, 4) is 0 Å². The van der Waals surface area contributed by atoms with Gasteiger partial charge in [0.05, 0.1) is 12.9 Å². The molecule has 1 aromatic heterocycles. The van der Waals surface area contributed by atoms with Gasteiger partial charge in [0, 0.05) is 6.08 Å². The molecule has 1 aromatic rings. The summed E-state index contributed by atoms with van der Waals surface area (Å²) in [6, 6.07) is 3.28. The average Bonchev–Trinajstić information content (AvgIpc) is 2.55. The lowest BCUT2D eigenvalue weighted by atomic mass is 10.2. The standard InChI is InChI=1S/C8H10O4/c9-5-8(11)7(10)4-6-2-1-3-12-6/h1-4,8-11H,5H2. The molecule has 0 amide bonds. The highest BCUT2D eigenvalue weighted by atomic mass is 16.4. The highest BCUT2D eigenvalue weighted by Gasteiger charge is 2.07. The fraction of sp³-hybridized carbons (Fsp3) is 0.250. The van der Waals surface area contributed by atoms with Crippen LogP contribution >= 0.6 is 0 Å². The van der Waals surface area contributed by atoms with E-state index in [2.05, 4.69) is 0 Å². The molecule has 0 aliphatic heterocycles. The largest absolute Gasteiger partial charge is 0.509 e. The smallest absolute Gasteiger partial charge is 0.134 e. The Morgan fingerprint density at radius 2 is 2.42 bits per heavy atom.